The van der Waals surface area contributed by atoms with Gasteiger partial charge in [-0.1, -0.05) is 18.9 Å². The molecule has 5 nitrogen and oxygen atoms in total. The number of amides is 1. The van der Waals surface area contributed by atoms with Gasteiger partial charge in [0.05, 0.1) is 4.75 Å². The minimum Gasteiger partial charge on any atom is -0.480 e. The molecule has 1 saturated carbocycles. The SMILES string of the molecule is Cc1cc2c(cc1C)O[C@H](C(=O)NCC1(S(C)(=O)=O)CCCC1)C2. The molecule has 132 valence electrons. The molecule has 1 aliphatic carbocycles. The zero-order valence-electron chi connectivity index (χ0n) is 14.5. The molecule has 0 radical (unpaired) electrons. The molecule has 2 aliphatic rings. The van der Waals surface area contributed by atoms with Gasteiger partial charge in [0.25, 0.3) is 5.91 Å². The predicted octanol–water partition coefficient (Wildman–Crippen LogP) is 2.08. The van der Waals surface area contributed by atoms with Crippen molar-refractivity contribution in [2.75, 3.05) is 12.8 Å². The fourth-order valence-electron chi connectivity index (χ4n) is 3.72. The molecule has 1 aromatic carbocycles. The molecule has 1 atom stereocenters. The number of carbonyl (C=O) groups excluding carboxylic acids is 1. The van der Waals surface area contributed by atoms with E-state index in [1.807, 2.05) is 19.9 Å². The summed E-state index contributed by atoms with van der Waals surface area (Å²) in [5.74, 6) is 0.536. The number of sulfone groups is 1. The van der Waals surface area contributed by atoms with E-state index in [0.29, 0.717) is 19.3 Å². The lowest BCUT2D eigenvalue weighted by Crippen LogP contribution is -2.49. The first kappa shape index (κ1) is 17.3. The highest BCUT2D eigenvalue weighted by molar-refractivity contribution is 7.92. The van der Waals surface area contributed by atoms with E-state index >= 15 is 0 Å². The standard InChI is InChI=1S/C18H25NO4S/c1-12-8-14-10-16(23-15(14)9-13(12)2)17(20)19-11-18(24(3,21)22)6-4-5-7-18/h8-9,16H,4-7,10-11H2,1-3H3,(H,19,20)/t16-/m0/s1. The molecule has 1 fully saturated rings. The maximum absolute atomic E-state index is 12.5. The van der Waals surface area contributed by atoms with E-state index in [1.165, 1.54) is 11.8 Å². The Morgan fingerprint density at radius 1 is 1.25 bits per heavy atom. The van der Waals surface area contributed by atoms with Crippen molar-refractivity contribution in [3.8, 4) is 5.75 Å². The van der Waals surface area contributed by atoms with Crippen LogP contribution in [-0.2, 0) is 21.1 Å². The van der Waals surface area contributed by atoms with E-state index in [-0.39, 0.29) is 12.5 Å². The van der Waals surface area contributed by atoms with Gasteiger partial charge in [0, 0.05) is 19.2 Å². The van der Waals surface area contributed by atoms with Crippen LogP contribution >= 0.6 is 0 Å². The minimum atomic E-state index is -3.20. The number of nitrogens with one attached hydrogen (secondary N) is 1. The number of hydrogen-bond acceptors (Lipinski definition) is 4. The van der Waals surface area contributed by atoms with Crippen molar-refractivity contribution >= 4 is 15.7 Å². The van der Waals surface area contributed by atoms with Crippen molar-refractivity contribution < 1.29 is 17.9 Å². The van der Waals surface area contributed by atoms with Crippen molar-refractivity contribution in [3.05, 3.63) is 28.8 Å². The van der Waals surface area contributed by atoms with E-state index in [4.69, 9.17) is 4.74 Å². The predicted molar refractivity (Wildman–Crippen MR) is 93.1 cm³/mol. The molecule has 0 unspecified atom stereocenters. The highest BCUT2D eigenvalue weighted by Gasteiger charge is 2.44. The fraction of sp³-hybridized carbons (Fsp3) is 0.611. The first-order chi connectivity index (χ1) is 11.2. The minimum absolute atomic E-state index is 0.179. The maximum Gasteiger partial charge on any atom is 0.261 e. The third-order valence-corrected chi connectivity index (χ3v) is 7.66. The Morgan fingerprint density at radius 3 is 2.50 bits per heavy atom. The summed E-state index contributed by atoms with van der Waals surface area (Å²) < 4.78 is 29.3. The van der Waals surface area contributed by atoms with Crippen LogP contribution in [0.3, 0.4) is 0 Å². The molecule has 1 heterocycles. The van der Waals surface area contributed by atoms with Crippen LogP contribution in [-0.4, -0.2) is 38.0 Å². The van der Waals surface area contributed by atoms with Crippen LogP contribution in [0.5, 0.6) is 5.75 Å². The van der Waals surface area contributed by atoms with Crippen LogP contribution < -0.4 is 10.1 Å². The fourth-order valence-corrected chi connectivity index (χ4v) is 5.08. The number of rotatable bonds is 4. The summed E-state index contributed by atoms with van der Waals surface area (Å²) in [5.41, 5.74) is 3.36. The van der Waals surface area contributed by atoms with Gasteiger partial charge in [-0.05, 0) is 49.4 Å². The van der Waals surface area contributed by atoms with Crippen LogP contribution in [0.15, 0.2) is 12.1 Å². The zero-order valence-corrected chi connectivity index (χ0v) is 15.3. The third kappa shape index (κ3) is 3.04. The van der Waals surface area contributed by atoms with Gasteiger partial charge in [0.2, 0.25) is 0 Å². The molecule has 1 amide bonds. The molecular weight excluding hydrogens is 326 g/mol. The van der Waals surface area contributed by atoms with Crippen LogP contribution in [0.4, 0.5) is 0 Å². The van der Waals surface area contributed by atoms with Gasteiger partial charge in [-0.2, -0.15) is 0 Å². The quantitative estimate of drug-likeness (QED) is 0.901. The number of aryl methyl sites for hydroxylation is 2. The maximum atomic E-state index is 12.5. The highest BCUT2D eigenvalue weighted by atomic mass is 32.2. The number of benzene rings is 1. The summed E-state index contributed by atoms with van der Waals surface area (Å²) >= 11 is 0. The van der Waals surface area contributed by atoms with E-state index in [9.17, 15) is 13.2 Å². The molecular formula is C18H25NO4S. The lowest BCUT2D eigenvalue weighted by atomic mass is 10.0. The Balaban J connectivity index is 1.67. The Hall–Kier alpha value is -1.56. The Bertz CT molecular complexity index is 732. The van der Waals surface area contributed by atoms with Crippen LogP contribution in [0.1, 0.15) is 42.4 Å². The van der Waals surface area contributed by atoms with E-state index in [0.717, 1.165) is 29.7 Å². The number of ether oxygens (including phenoxy) is 1. The van der Waals surface area contributed by atoms with E-state index < -0.39 is 20.7 Å². The van der Waals surface area contributed by atoms with Crippen molar-refractivity contribution in [3.63, 3.8) is 0 Å². The monoisotopic (exact) mass is 351 g/mol. The van der Waals surface area contributed by atoms with Crippen molar-refractivity contribution in [2.45, 2.75) is 56.8 Å². The normalized spacial score (nSPS) is 22.0. The molecule has 1 N–H and O–H groups in total. The average Bonchev–Trinajstić information content (AvgIpc) is 3.12. The van der Waals surface area contributed by atoms with Crippen LogP contribution in [0, 0.1) is 13.8 Å². The summed E-state index contributed by atoms with van der Waals surface area (Å²) in [6.45, 7) is 4.24. The van der Waals surface area contributed by atoms with E-state index in [1.54, 1.807) is 0 Å². The molecule has 1 aromatic rings. The molecule has 0 bridgehead atoms. The Kier molecular flexibility index (Phi) is 4.36. The molecule has 6 heteroatoms. The Labute approximate surface area is 143 Å². The summed E-state index contributed by atoms with van der Waals surface area (Å²) in [5, 5.41) is 2.83. The second-order valence-corrected chi connectivity index (χ2v) is 9.65. The van der Waals surface area contributed by atoms with Gasteiger partial charge in [-0.25, -0.2) is 8.42 Å². The molecule has 0 saturated heterocycles. The largest absolute Gasteiger partial charge is 0.480 e. The second-order valence-electron chi connectivity index (χ2n) is 7.23. The first-order valence-electron chi connectivity index (χ1n) is 8.46. The lowest BCUT2D eigenvalue weighted by molar-refractivity contribution is -0.127. The van der Waals surface area contributed by atoms with Crippen molar-refractivity contribution in [2.24, 2.45) is 0 Å². The molecule has 24 heavy (non-hydrogen) atoms. The van der Waals surface area contributed by atoms with Gasteiger partial charge < -0.3 is 10.1 Å². The second kappa shape index (κ2) is 6.06. The number of fused-ring (bicyclic) bond motifs is 1. The van der Waals surface area contributed by atoms with Gasteiger partial charge in [-0.15, -0.1) is 0 Å². The highest BCUT2D eigenvalue weighted by Crippen LogP contribution is 2.36. The lowest BCUT2D eigenvalue weighted by Gasteiger charge is -2.27. The molecule has 1 aliphatic heterocycles. The van der Waals surface area contributed by atoms with Crippen LogP contribution in [0.2, 0.25) is 0 Å². The van der Waals surface area contributed by atoms with Gasteiger partial charge in [-0.3, -0.25) is 4.79 Å². The number of carbonyl (C=O) groups is 1. The number of hydrogen-bond donors (Lipinski definition) is 1. The summed E-state index contributed by atoms with van der Waals surface area (Å²) in [6, 6.07) is 4.03. The van der Waals surface area contributed by atoms with Gasteiger partial charge in [0.1, 0.15) is 5.75 Å². The first-order valence-corrected chi connectivity index (χ1v) is 10.4. The van der Waals surface area contributed by atoms with E-state index in [2.05, 4.69) is 11.4 Å². The summed E-state index contributed by atoms with van der Waals surface area (Å²) in [4.78, 5) is 12.5. The summed E-state index contributed by atoms with van der Waals surface area (Å²) in [7, 11) is -3.20. The van der Waals surface area contributed by atoms with Crippen molar-refractivity contribution in [1.82, 2.24) is 5.32 Å². The topological polar surface area (TPSA) is 72.5 Å². The van der Waals surface area contributed by atoms with Crippen LogP contribution in [0.25, 0.3) is 0 Å². The summed E-state index contributed by atoms with van der Waals surface area (Å²) in [6.07, 6.45) is 4.28. The molecule has 0 spiro atoms. The molecule has 3 rings (SSSR count). The van der Waals surface area contributed by atoms with Crippen molar-refractivity contribution in [1.29, 1.82) is 0 Å². The third-order valence-electron chi connectivity index (χ3n) is 5.53. The van der Waals surface area contributed by atoms with Gasteiger partial charge in [0.15, 0.2) is 15.9 Å². The average molecular weight is 351 g/mol. The van der Waals surface area contributed by atoms with Gasteiger partial charge >= 0.3 is 0 Å². The zero-order chi connectivity index (χ0) is 17.5. The smallest absolute Gasteiger partial charge is 0.261 e. The molecule has 0 aromatic heterocycles. The Morgan fingerprint density at radius 2 is 1.88 bits per heavy atom.